The van der Waals surface area contributed by atoms with Crippen molar-refractivity contribution in [2.24, 2.45) is 0 Å². The Kier molecular flexibility index (Phi) is 7.02. The van der Waals surface area contributed by atoms with Gasteiger partial charge in [-0.1, -0.05) is 63.4 Å². The molecule has 0 bridgehead atoms. The van der Waals surface area contributed by atoms with Gasteiger partial charge in [0.05, 0.1) is 26.3 Å². The first kappa shape index (κ1) is 22.6. The van der Waals surface area contributed by atoms with Gasteiger partial charge in [0.2, 0.25) is 5.91 Å². The van der Waals surface area contributed by atoms with Gasteiger partial charge in [-0.25, -0.2) is 12.8 Å². The number of hydrogen-bond donors (Lipinski definition) is 1. The maximum atomic E-state index is 14.1. The van der Waals surface area contributed by atoms with Crippen LogP contribution in [-0.4, -0.2) is 20.9 Å². The molecule has 0 heterocycles. The lowest BCUT2D eigenvalue weighted by atomic mass is 10.3. The van der Waals surface area contributed by atoms with Gasteiger partial charge in [-0.2, -0.15) is 0 Å². The van der Waals surface area contributed by atoms with E-state index in [0.717, 1.165) is 4.31 Å². The molecular formula is C20H14BrCl2FN2O3S. The fourth-order valence-corrected chi connectivity index (χ4v) is 4.85. The van der Waals surface area contributed by atoms with Crippen LogP contribution in [0.15, 0.2) is 76.1 Å². The van der Waals surface area contributed by atoms with Gasteiger partial charge in [-0.3, -0.25) is 9.10 Å². The summed E-state index contributed by atoms with van der Waals surface area (Å²) < 4.78 is 41.9. The maximum Gasteiger partial charge on any atom is 0.264 e. The first-order chi connectivity index (χ1) is 14.2. The summed E-state index contributed by atoms with van der Waals surface area (Å²) >= 11 is 15.4. The highest BCUT2D eigenvalue weighted by molar-refractivity contribution is 9.10. The van der Waals surface area contributed by atoms with E-state index in [1.165, 1.54) is 42.5 Å². The van der Waals surface area contributed by atoms with E-state index in [9.17, 15) is 17.6 Å². The summed E-state index contributed by atoms with van der Waals surface area (Å²) in [5.41, 5.74) is -0.0584. The van der Waals surface area contributed by atoms with E-state index in [1.54, 1.807) is 24.3 Å². The molecule has 0 radical (unpaired) electrons. The first-order valence-electron chi connectivity index (χ1n) is 8.47. The van der Waals surface area contributed by atoms with Gasteiger partial charge in [-0.05, 0) is 42.5 Å². The van der Waals surface area contributed by atoms with Crippen LogP contribution in [0.4, 0.5) is 15.8 Å². The van der Waals surface area contributed by atoms with Crippen molar-refractivity contribution in [2.75, 3.05) is 16.2 Å². The monoisotopic (exact) mass is 530 g/mol. The van der Waals surface area contributed by atoms with Crippen LogP contribution >= 0.6 is 39.1 Å². The number of nitrogens with one attached hydrogen (secondary N) is 1. The standard InChI is InChI=1S/C20H14BrCl2FN2O3S/c21-13-9-10-17(16(24)11-13)25-19(27)12-26(18-8-4-7-15(22)20(18)23)30(28,29)14-5-2-1-3-6-14/h1-11H,12H2,(H,25,27). The predicted octanol–water partition coefficient (Wildman–Crippen LogP) is 5.73. The molecule has 0 unspecified atom stereocenters. The number of carbonyl (C=O) groups excluding carboxylic acids is 1. The minimum absolute atomic E-state index is 0.0266. The molecule has 5 nitrogen and oxygen atoms in total. The van der Waals surface area contributed by atoms with Crippen LogP contribution in [0.3, 0.4) is 0 Å². The van der Waals surface area contributed by atoms with Crippen molar-refractivity contribution in [3.05, 3.63) is 87.1 Å². The van der Waals surface area contributed by atoms with Gasteiger partial charge in [0.15, 0.2) is 0 Å². The lowest BCUT2D eigenvalue weighted by molar-refractivity contribution is -0.114. The number of rotatable bonds is 6. The zero-order valence-corrected chi connectivity index (χ0v) is 19.1. The summed E-state index contributed by atoms with van der Waals surface area (Å²) in [6.45, 7) is -0.646. The molecule has 3 aromatic carbocycles. The van der Waals surface area contributed by atoms with Crippen molar-refractivity contribution in [3.63, 3.8) is 0 Å². The molecule has 0 aliphatic rings. The second-order valence-corrected chi connectivity index (χ2v) is 9.63. The Morgan fingerprint density at radius 3 is 2.40 bits per heavy atom. The summed E-state index contributed by atoms with van der Waals surface area (Å²) in [5.74, 6) is -1.43. The van der Waals surface area contributed by atoms with Crippen molar-refractivity contribution in [1.82, 2.24) is 0 Å². The summed E-state index contributed by atoms with van der Waals surface area (Å²) in [4.78, 5) is 12.6. The average Bonchev–Trinajstić information content (AvgIpc) is 2.71. The van der Waals surface area contributed by atoms with E-state index in [4.69, 9.17) is 23.2 Å². The number of halogens is 4. The minimum Gasteiger partial charge on any atom is -0.322 e. The van der Waals surface area contributed by atoms with Crippen molar-refractivity contribution in [2.45, 2.75) is 4.90 Å². The second kappa shape index (κ2) is 9.34. The highest BCUT2D eigenvalue weighted by Crippen LogP contribution is 2.35. The molecule has 3 aromatic rings. The van der Waals surface area contributed by atoms with Gasteiger partial charge in [0.1, 0.15) is 12.4 Å². The molecular weight excluding hydrogens is 518 g/mol. The minimum atomic E-state index is -4.17. The predicted molar refractivity (Wildman–Crippen MR) is 120 cm³/mol. The molecule has 0 spiro atoms. The third-order valence-electron chi connectivity index (χ3n) is 4.02. The zero-order chi connectivity index (χ0) is 21.9. The summed E-state index contributed by atoms with van der Waals surface area (Å²) in [5, 5.41) is 2.48. The van der Waals surface area contributed by atoms with Gasteiger partial charge in [0, 0.05) is 4.47 Å². The molecule has 0 saturated carbocycles. The summed E-state index contributed by atoms with van der Waals surface area (Å²) in [7, 11) is -4.17. The Morgan fingerprint density at radius 1 is 1.03 bits per heavy atom. The van der Waals surface area contributed by atoms with Crippen LogP contribution in [-0.2, 0) is 14.8 Å². The highest BCUT2D eigenvalue weighted by atomic mass is 79.9. The second-order valence-electron chi connectivity index (χ2n) is 6.07. The molecule has 10 heteroatoms. The van der Waals surface area contributed by atoms with E-state index >= 15 is 0 Å². The van der Waals surface area contributed by atoms with Crippen molar-refractivity contribution >= 4 is 66.4 Å². The number of benzene rings is 3. The molecule has 1 N–H and O–H groups in total. The van der Waals surface area contributed by atoms with Crippen LogP contribution in [0.2, 0.25) is 10.0 Å². The smallest absolute Gasteiger partial charge is 0.264 e. The Balaban J connectivity index is 1.99. The van der Waals surface area contributed by atoms with Crippen LogP contribution < -0.4 is 9.62 Å². The molecule has 3 rings (SSSR count). The van der Waals surface area contributed by atoms with Gasteiger partial charge < -0.3 is 5.32 Å². The molecule has 0 saturated heterocycles. The van der Waals surface area contributed by atoms with Crippen LogP contribution in [0.5, 0.6) is 0 Å². The molecule has 0 fully saturated rings. The van der Waals surface area contributed by atoms with E-state index < -0.39 is 28.3 Å². The maximum absolute atomic E-state index is 14.1. The van der Waals surface area contributed by atoms with E-state index in [-0.39, 0.29) is 26.3 Å². The Bertz CT molecular complexity index is 1190. The topological polar surface area (TPSA) is 66.5 Å². The molecule has 0 aliphatic carbocycles. The number of carbonyl (C=O) groups is 1. The molecule has 156 valence electrons. The van der Waals surface area contributed by atoms with Crippen molar-refractivity contribution in [1.29, 1.82) is 0 Å². The Morgan fingerprint density at radius 2 is 1.73 bits per heavy atom. The van der Waals surface area contributed by atoms with E-state index in [0.29, 0.717) is 4.47 Å². The van der Waals surface area contributed by atoms with E-state index in [1.807, 2.05) is 0 Å². The molecule has 0 aliphatic heterocycles. The van der Waals surface area contributed by atoms with Crippen molar-refractivity contribution in [3.8, 4) is 0 Å². The molecule has 1 amide bonds. The zero-order valence-electron chi connectivity index (χ0n) is 15.2. The van der Waals surface area contributed by atoms with Crippen LogP contribution in [0.1, 0.15) is 0 Å². The third-order valence-corrected chi connectivity index (χ3v) is 7.10. The quantitative estimate of drug-likeness (QED) is 0.441. The molecule has 0 atom stereocenters. The summed E-state index contributed by atoms with van der Waals surface area (Å²) in [6.07, 6.45) is 0. The lowest BCUT2D eigenvalue weighted by Gasteiger charge is -2.25. The van der Waals surface area contributed by atoms with Crippen LogP contribution in [0.25, 0.3) is 0 Å². The number of nitrogens with zero attached hydrogens (tertiary/aromatic N) is 1. The van der Waals surface area contributed by atoms with Gasteiger partial charge in [-0.15, -0.1) is 0 Å². The summed E-state index contributed by atoms with van der Waals surface area (Å²) in [6, 6.07) is 16.1. The highest BCUT2D eigenvalue weighted by Gasteiger charge is 2.29. The molecule has 30 heavy (non-hydrogen) atoms. The average molecular weight is 532 g/mol. The Labute approximate surface area is 191 Å². The fraction of sp³-hybridized carbons (Fsp3) is 0.0500. The third kappa shape index (κ3) is 4.95. The number of sulfonamides is 1. The van der Waals surface area contributed by atoms with Crippen molar-refractivity contribution < 1.29 is 17.6 Å². The van der Waals surface area contributed by atoms with E-state index in [2.05, 4.69) is 21.2 Å². The fourth-order valence-electron chi connectivity index (χ4n) is 2.62. The Hall–Kier alpha value is -2.13. The molecule has 0 aromatic heterocycles. The normalized spacial score (nSPS) is 11.2. The largest absolute Gasteiger partial charge is 0.322 e. The number of anilines is 2. The van der Waals surface area contributed by atoms with Crippen LogP contribution in [0, 0.1) is 5.82 Å². The lowest BCUT2D eigenvalue weighted by Crippen LogP contribution is -2.38. The SMILES string of the molecule is O=C(CN(c1cccc(Cl)c1Cl)S(=O)(=O)c1ccccc1)Nc1ccc(Br)cc1F. The number of amides is 1. The van der Waals surface area contributed by atoms with Gasteiger partial charge in [0.25, 0.3) is 10.0 Å². The first-order valence-corrected chi connectivity index (χ1v) is 11.5. The van der Waals surface area contributed by atoms with Gasteiger partial charge >= 0.3 is 0 Å². The number of hydrogen-bond acceptors (Lipinski definition) is 3.